The van der Waals surface area contributed by atoms with Gasteiger partial charge in [0, 0.05) is 37.1 Å². The topological polar surface area (TPSA) is 43.6 Å². The van der Waals surface area contributed by atoms with E-state index in [1.807, 2.05) is 41.8 Å². The van der Waals surface area contributed by atoms with Crippen LogP contribution in [-0.4, -0.2) is 19.5 Å². The van der Waals surface area contributed by atoms with Crippen molar-refractivity contribution >= 4 is 64.3 Å². The molecule has 0 atom stereocenters. The van der Waals surface area contributed by atoms with Gasteiger partial charge < -0.3 is 0 Å². The Bertz CT molecular complexity index is 1750. The number of nitrogens with zero attached hydrogens (tertiary/aromatic N) is 4. The largest absolute Gasteiger partial charge is 0.291 e. The fourth-order valence-corrected chi connectivity index (χ4v) is 5.62. The molecule has 30 heavy (non-hydrogen) atoms. The van der Waals surface area contributed by atoms with Crippen LogP contribution in [0.4, 0.5) is 0 Å². The monoisotopic (exact) mass is 402 g/mol. The first-order valence-electron chi connectivity index (χ1n) is 9.80. The van der Waals surface area contributed by atoms with Crippen molar-refractivity contribution in [3.63, 3.8) is 0 Å². The molecule has 3 aromatic carbocycles. The Labute approximate surface area is 175 Å². The predicted octanol–water partition coefficient (Wildman–Crippen LogP) is 6.49. The molecule has 0 aliphatic carbocycles. The minimum Gasteiger partial charge on any atom is -0.291 e. The first-order valence-corrected chi connectivity index (χ1v) is 10.6. The summed E-state index contributed by atoms with van der Waals surface area (Å²) in [6.45, 7) is 0. The number of benzene rings is 3. The van der Waals surface area contributed by atoms with Crippen LogP contribution in [0.25, 0.3) is 58.8 Å². The Morgan fingerprint density at radius 2 is 1.53 bits per heavy atom. The van der Waals surface area contributed by atoms with Crippen molar-refractivity contribution in [3.8, 4) is 5.82 Å². The summed E-state index contributed by atoms with van der Waals surface area (Å²) in [5, 5.41) is 4.70. The molecule has 0 aliphatic rings. The highest BCUT2D eigenvalue weighted by atomic mass is 32.1. The Balaban J connectivity index is 1.80. The number of fused-ring (bicyclic) bond motifs is 8. The van der Waals surface area contributed by atoms with Gasteiger partial charge in [-0.2, -0.15) is 0 Å². The Hall–Kier alpha value is -3.83. The maximum atomic E-state index is 4.75. The standard InChI is InChI=1S/C25H14N4S/c1-3-8-18-15(6-1)25(28-14-27-18)29-19-9-5-13-26-23(19)17-11-12-21-22(24(17)29)16-7-2-4-10-20(16)30-21/h1-14H. The van der Waals surface area contributed by atoms with Gasteiger partial charge in [0.1, 0.15) is 12.1 Å². The minimum atomic E-state index is 0.886. The maximum Gasteiger partial charge on any atom is 0.149 e. The average Bonchev–Trinajstić information content (AvgIpc) is 3.34. The molecule has 5 heteroatoms. The van der Waals surface area contributed by atoms with Crippen LogP contribution in [0.2, 0.25) is 0 Å². The number of hydrogen-bond acceptors (Lipinski definition) is 4. The molecule has 4 heterocycles. The van der Waals surface area contributed by atoms with Gasteiger partial charge in [0.25, 0.3) is 0 Å². The number of rotatable bonds is 1. The number of hydrogen-bond donors (Lipinski definition) is 0. The fraction of sp³-hybridized carbons (Fsp3) is 0. The van der Waals surface area contributed by atoms with E-state index in [0.29, 0.717) is 0 Å². The minimum absolute atomic E-state index is 0.886. The molecule has 7 rings (SSSR count). The molecular formula is C25H14N4S. The Morgan fingerprint density at radius 1 is 0.667 bits per heavy atom. The molecule has 0 amide bonds. The summed E-state index contributed by atoms with van der Waals surface area (Å²) in [5.74, 6) is 0.886. The maximum absolute atomic E-state index is 4.75. The lowest BCUT2D eigenvalue weighted by atomic mass is 10.1. The van der Waals surface area contributed by atoms with E-state index in [4.69, 9.17) is 9.97 Å². The molecule has 7 aromatic rings. The molecular weight excluding hydrogens is 388 g/mol. The number of thiophene rings is 1. The zero-order valence-electron chi connectivity index (χ0n) is 15.8. The van der Waals surface area contributed by atoms with E-state index in [0.717, 1.165) is 38.7 Å². The normalized spacial score (nSPS) is 12.0. The highest BCUT2D eigenvalue weighted by Gasteiger charge is 2.20. The molecule has 0 saturated carbocycles. The Morgan fingerprint density at radius 3 is 2.50 bits per heavy atom. The van der Waals surface area contributed by atoms with E-state index in [1.165, 1.54) is 20.2 Å². The predicted molar refractivity (Wildman–Crippen MR) is 125 cm³/mol. The van der Waals surface area contributed by atoms with Crippen LogP contribution in [0.5, 0.6) is 0 Å². The molecule has 0 fully saturated rings. The zero-order valence-corrected chi connectivity index (χ0v) is 16.6. The van der Waals surface area contributed by atoms with Crippen molar-refractivity contribution in [1.29, 1.82) is 0 Å². The summed E-state index contributed by atoms with van der Waals surface area (Å²) in [6, 6.07) is 25.3. The lowest BCUT2D eigenvalue weighted by Crippen LogP contribution is -2.00. The molecule has 0 saturated heterocycles. The van der Waals surface area contributed by atoms with Crippen molar-refractivity contribution < 1.29 is 0 Å². The lowest BCUT2D eigenvalue weighted by Gasteiger charge is -2.10. The molecule has 0 bridgehead atoms. The van der Waals surface area contributed by atoms with Gasteiger partial charge in [0.2, 0.25) is 0 Å². The van der Waals surface area contributed by atoms with E-state index in [-0.39, 0.29) is 0 Å². The molecule has 0 N–H and O–H groups in total. The smallest absolute Gasteiger partial charge is 0.149 e. The van der Waals surface area contributed by atoms with Gasteiger partial charge in [0.05, 0.1) is 22.1 Å². The highest BCUT2D eigenvalue weighted by molar-refractivity contribution is 7.26. The summed E-state index contributed by atoms with van der Waals surface area (Å²) in [4.78, 5) is 14.0. The highest BCUT2D eigenvalue weighted by Crippen LogP contribution is 2.42. The van der Waals surface area contributed by atoms with Gasteiger partial charge in [-0.3, -0.25) is 9.55 Å². The van der Waals surface area contributed by atoms with Crippen LogP contribution < -0.4 is 0 Å². The molecule has 0 radical (unpaired) electrons. The van der Waals surface area contributed by atoms with Crippen LogP contribution in [0, 0.1) is 0 Å². The third-order valence-corrected chi connectivity index (χ3v) is 6.89. The van der Waals surface area contributed by atoms with E-state index < -0.39 is 0 Å². The van der Waals surface area contributed by atoms with Crippen molar-refractivity contribution in [2.45, 2.75) is 0 Å². The molecule has 4 nitrogen and oxygen atoms in total. The summed E-state index contributed by atoms with van der Waals surface area (Å²) in [5.41, 5.74) is 4.14. The van der Waals surface area contributed by atoms with Gasteiger partial charge in [-0.1, -0.05) is 30.3 Å². The van der Waals surface area contributed by atoms with E-state index >= 15 is 0 Å². The second-order valence-corrected chi connectivity index (χ2v) is 8.44. The molecule has 4 aromatic heterocycles. The third kappa shape index (κ3) is 2.02. The van der Waals surface area contributed by atoms with Crippen molar-refractivity contribution in [2.75, 3.05) is 0 Å². The van der Waals surface area contributed by atoms with E-state index in [1.54, 1.807) is 6.33 Å². The van der Waals surface area contributed by atoms with Gasteiger partial charge >= 0.3 is 0 Å². The van der Waals surface area contributed by atoms with Crippen LogP contribution in [-0.2, 0) is 0 Å². The summed E-state index contributed by atoms with van der Waals surface area (Å²) < 4.78 is 4.83. The average molecular weight is 402 g/mol. The lowest BCUT2D eigenvalue weighted by molar-refractivity contribution is 1.07. The van der Waals surface area contributed by atoms with Crippen LogP contribution >= 0.6 is 11.3 Å². The molecule has 0 spiro atoms. The van der Waals surface area contributed by atoms with Crippen molar-refractivity contribution in [2.24, 2.45) is 0 Å². The first kappa shape index (κ1) is 16.0. The van der Waals surface area contributed by atoms with Gasteiger partial charge in [-0.05, 0) is 42.5 Å². The van der Waals surface area contributed by atoms with Crippen LogP contribution in [0.15, 0.2) is 85.3 Å². The Kier molecular flexibility index (Phi) is 3.12. The quantitative estimate of drug-likeness (QED) is 0.315. The van der Waals surface area contributed by atoms with Crippen LogP contribution in [0.3, 0.4) is 0 Å². The van der Waals surface area contributed by atoms with Gasteiger partial charge in [-0.25, -0.2) is 9.97 Å². The van der Waals surface area contributed by atoms with Crippen molar-refractivity contribution in [1.82, 2.24) is 19.5 Å². The van der Waals surface area contributed by atoms with E-state index in [9.17, 15) is 0 Å². The molecule has 0 aliphatic heterocycles. The summed E-state index contributed by atoms with van der Waals surface area (Å²) in [6.07, 6.45) is 3.51. The molecule has 140 valence electrons. The second-order valence-electron chi connectivity index (χ2n) is 7.35. The van der Waals surface area contributed by atoms with E-state index in [2.05, 4.69) is 58.1 Å². The molecule has 0 unspecified atom stereocenters. The SMILES string of the molecule is c1ccc2c(-n3c4cccnc4c4ccc5sc6ccccc6c5c43)ncnc2c1. The van der Waals surface area contributed by atoms with Crippen molar-refractivity contribution in [3.05, 3.63) is 85.3 Å². The summed E-state index contributed by atoms with van der Waals surface area (Å²) in [7, 11) is 0. The number of pyridine rings is 1. The second kappa shape index (κ2) is 5.84. The van der Waals surface area contributed by atoms with Gasteiger partial charge in [-0.15, -0.1) is 11.3 Å². The first-order chi connectivity index (χ1) is 14.9. The number of para-hydroxylation sites is 1. The summed E-state index contributed by atoms with van der Waals surface area (Å²) >= 11 is 1.83. The third-order valence-electron chi connectivity index (χ3n) is 5.76. The van der Waals surface area contributed by atoms with Crippen LogP contribution in [0.1, 0.15) is 0 Å². The number of aromatic nitrogens is 4. The zero-order chi connectivity index (χ0) is 19.7. The van der Waals surface area contributed by atoms with Gasteiger partial charge in [0.15, 0.2) is 0 Å². The fourth-order valence-electron chi connectivity index (χ4n) is 4.52.